The lowest BCUT2D eigenvalue weighted by Crippen LogP contribution is -2.50. The van der Waals surface area contributed by atoms with E-state index < -0.39 is 11.6 Å². The molecule has 0 bridgehead atoms. The Morgan fingerprint density at radius 2 is 1.77 bits per heavy atom. The molecule has 0 N–H and O–H groups in total. The average molecular weight is 432 g/mol. The van der Waals surface area contributed by atoms with E-state index in [4.69, 9.17) is 21.1 Å². The van der Waals surface area contributed by atoms with Crippen LogP contribution < -0.4 is 4.90 Å². The predicted octanol–water partition coefficient (Wildman–Crippen LogP) is 4.15. The highest BCUT2D eigenvalue weighted by Gasteiger charge is 2.27. The first-order chi connectivity index (χ1) is 14.2. The standard InChI is InChI=1S/C22H26ClN3O4/c1-22(2,3)30-21(28)26-11-9-25(10-12-26)19-18(23)13-17(14-24-19)20(27)29-15-16-7-5-4-6-8-16/h4-8,13-14H,9-12,15H2,1-3H3. The number of anilines is 1. The maximum atomic E-state index is 12.3. The number of halogens is 1. The van der Waals surface area contributed by atoms with Crippen molar-refractivity contribution >= 4 is 29.5 Å². The molecular weight excluding hydrogens is 406 g/mol. The minimum atomic E-state index is -0.524. The first-order valence-electron chi connectivity index (χ1n) is 9.82. The van der Waals surface area contributed by atoms with Crippen LogP contribution in [0.5, 0.6) is 0 Å². The molecule has 1 fully saturated rings. The summed E-state index contributed by atoms with van der Waals surface area (Å²) in [5, 5.41) is 0.370. The molecule has 0 aliphatic carbocycles. The number of carbonyl (C=O) groups is 2. The summed E-state index contributed by atoms with van der Waals surface area (Å²) in [6.07, 6.45) is 1.15. The summed E-state index contributed by atoms with van der Waals surface area (Å²) >= 11 is 6.39. The number of rotatable bonds is 4. The quantitative estimate of drug-likeness (QED) is 0.677. The Labute approximate surface area is 181 Å². The van der Waals surface area contributed by atoms with Crippen LogP contribution in [0.3, 0.4) is 0 Å². The second-order valence-electron chi connectivity index (χ2n) is 8.05. The molecular formula is C22H26ClN3O4. The summed E-state index contributed by atoms with van der Waals surface area (Å²) in [6, 6.07) is 11.0. The predicted molar refractivity (Wildman–Crippen MR) is 115 cm³/mol. The zero-order valence-electron chi connectivity index (χ0n) is 17.4. The molecule has 3 rings (SSSR count). The van der Waals surface area contributed by atoms with Crippen molar-refractivity contribution in [2.24, 2.45) is 0 Å². The van der Waals surface area contributed by atoms with Gasteiger partial charge in [-0.1, -0.05) is 41.9 Å². The van der Waals surface area contributed by atoms with Gasteiger partial charge >= 0.3 is 12.1 Å². The first kappa shape index (κ1) is 21.9. The van der Waals surface area contributed by atoms with Crippen molar-refractivity contribution in [2.75, 3.05) is 31.1 Å². The number of nitrogens with zero attached hydrogens (tertiary/aromatic N) is 3. The number of esters is 1. The summed E-state index contributed by atoms with van der Waals surface area (Å²) in [4.78, 5) is 32.5. The largest absolute Gasteiger partial charge is 0.457 e. The Kier molecular flexibility index (Phi) is 6.82. The molecule has 1 aliphatic heterocycles. The number of piperazine rings is 1. The minimum Gasteiger partial charge on any atom is -0.457 e. The smallest absolute Gasteiger partial charge is 0.410 e. The second-order valence-corrected chi connectivity index (χ2v) is 8.45. The van der Waals surface area contributed by atoms with Gasteiger partial charge in [0.05, 0.1) is 10.6 Å². The summed E-state index contributed by atoms with van der Waals surface area (Å²) in [6.45, 7) is 7.88. The molecule has 1 amide bonds. The first-order valence-corrected chi connectivity index (χ1v) is 10.2. The van der Waals surface area contributed by atoms with Gasteiger partial charge in [0.1, 0.15) is 18.0 Å². The van der Waals surface area contributed by atoms with Gasteiger partial charge in [-0.2, -0.15) is 0 Å². The topological polar surface area (TPSA) is 72.0 Å². The molecule has 0 unspecified atom stereocenters. The summed E-state index contributed by atoms with van der Waals surface area (Å²) < 4.78 is 10.7. The fourth-order valence-corrected chi connectivity index (χ4v) is 3.29. The van der Waals surface area contributed by atoms with Crippen molar-refractivity contribution in [3.8, 4) is 0 Å². The number of amides is 1. The van der Waals surface area contributed by atoms with E-state index in [9.17, 15) is 9.59 Å². The Hall–Kier alpha value is -2.80. The van der Waals surface area contributed by atoms with Crippen LogP contribution in [0.1, 0.15) is 36.7 Å². The summed E-state index contributed by atoms with van der Waals surface area (Å²) in [5.74, 6) is 0.106. The van der Waals surface area contributed by atoms with Crippen LogP contribution in [0.4, 0.5) is 10.6 Å². The van der Waals surface area contributed by atoms with Gasteiger partial charge in [-0.05, 0) is 32.4 Å². The van der Waals surface area contributed by atoms with Crippen LogP contribution in [0.2, 0.25) is 5.02 Å². The van der Waals surface area contributed by atoms with E-state index in [1.807, 2.05) is 56.0 Å². The lowest BCUT2D eigenvalue weighted by Gasteiger charge is -2.36. The molecule has 0 radical (unpaired) electrons. The van der Waals surface area contributed by atoms with Gasteiger partial charge in [-0.15, -0.1) is 0 Å². The number of carbonyl (C=O) groups excluding carboxylic acids is 2. The molecule has 1 saturated heterocycles. The van der Waals surface area contributed by atoms with Crippen LogP contribution in [-0.2, 0) is 16.1 Å². The number of pyridine rings is 1. The summed E-state index contributed by atoms with van der Waals surface area (Å²) in [5.41, 5.74) is 0.681. The van der Waals surface area contributed by atoms with E-state index >= 15 is 0 Å². The van der Waals surface area contributed by atoms with Crippen molar-refractivity contribution in [3.05, 3.63) is 58.7 Å². The van der Waals surface area contributed by atoms with E-state index in [0.717, 1.165) is 5.56 Å². The van der Waals surface area contributed by atoms with Gasteiger partial charge < -0.3 is 19.3 Å². The van der Waals surface area contributed by atoms with Gasteiger partial charge in [0.2, 0.25) is 0 Å². The molecule has 30 heavy (non-hydrogen) atoms. The van der Waals surface area contributed by atoms with Gasteiger partial charge in [-0.3, -0.25) is 0 Å². The Balaban J connectivity index is 1.57. The van der Waals surface area contributed by atoms with Crippen LogP contribution in [0, 0.1) is 0 Å². The third-order valence-corrected chi connectivity index (χ3v) is 4.78. The van der Waals surface area contributed by atoms with Crippen LogP contribution >= 0.6 is 11.6 Å². The van der Waals surface area contributed by atoms with E-state index in [-0.39, 0.29) is 12.7 Å². The van der Waals surface area contributed by atoms with Crippen LogP contribution in [0.25, 0.3) is 0 Å². The monoisotopic (exact) mass is 431 g/mol. The fraction of sp³-hybridized carbons (Fsp3) is 0.409. The normalized spacial score (nSPS) is 14.4. The van der Waals surface area contributed by atoms with E-state index in [2.05, 4.69) is 4.98 Å². The highest BCUT2D eigenvalue weighted by Crippen LogP contribution is 2.26. The third-order valence-electron chi connectivity index (χ3n) is 4.50. The maximum Gasteiger partial charge on any atom is 0.410 e. The van der Waals surface area contributed by atoms with E-state index in [1.54, 1.807) is 11.0 Å². The molecule has 1 aliphatic rings. The number of ether oxygens (including phenoxy) is 2. The highest BCUT2D eigenvalue weighted by molar-refractivity contribution is 6.33. The van der Waals surface area contributed by atoms with Gasteiger partial charge in [0.15, 0.2) is 0 Å². The lowest BCUT2D eigenvalue weighted by atomic mass is 10.2. The van der Waals surface area contributed by atoms with Crippen molar-refractivity contribution < 1.29 is 19.1 Å². The zero-order valence-corrected chi connectivity index (χ0v) is 18.2. The lowest BCUT2D eigenvalue weighted by molar-refractivity contribution is 0.0240. The number of benzene rings is 1. The second kappa shape index (κ2) is 9.34. The molecule has 0 saturated carbocycles. The van der Waals surface area contributed by atoms with Crippen molar-refractivity contribution in [2.45, 2.75) is 33.0 Å². The van der Waals surface area contributed by atoms with E-state index in [1.165, 1.54) is 6.20 Å². The van der Waals surface area contributed by atoms with Crippen LogP contribution in [-0.4, -0.2) is 53.7 Å². The molecule has 1 aromatic carbocycles. The van der Waals surface area contributed by atoms with Crippen molar-refractivity contribution in [3.63, 3.8) is 0 Å². The van der Waals surface area contributed by atoms with Gasteiger partial charge in [-0.25, -0.2) is 14.6 Å². The number of aromatic nitrogens is 1. The Bertz CT molecular complexity index is 891. The molecule has 7 nitrogen and oxygen atoms in total. The molecule has 0 atom stereocenters. The molecule has 2 aromatic rings. The van der Waals surface area contributed by atoms with Crippen LogP contribution in [0.15, 0.2) is 42.6 Å². The molecule has 8 heteroatoms. The number of hydrogen-bond acceptors (Lipinski definition) is 6. The number of hydrogen-bond donors (Lipinski definition) is 0. The Morgan fingerprint density at radius 1 is 1.10 bits per heavy atom. The molecule has 160 valence electrons. The molecule has 1 aromatic heterocycles. The minimum absolute atomic E-state index is 0.186. The maximum absolute atomic E-state index is 12.3. The van der Waals surface area contributed by atoms with Gasteiger partial charge in [0.25, 0.3) is 0 Å². The SMILES string of the molecule is CC(C)(C)OC(=O)N1CCN(c2ncc(C(=O)OCc3ccccc3)cc2Cl)CC1. The van der Waals surface area contributed by atoms with Crippen molar-refractivity contribution in [1.29, 1.82) is 0 Å². The zero-order chi connectivity index (χ0) is 21.7. The summed E-state index contributed by atoms with van der Waals surface area (Å²) in [7, 11) is 0. The average Bonchev–Trinajstić information content (AvgIpc) is 2.71. The third kappa shape index (κ3) is 5.86. The Morgan fingerprint density at radius 3 is 2.37 bits per heavy atom. The van der Waals surface area contributed by atoms with Crippen molar-refractivity contribution in [1.82, 2.24) is 9.88 Å². The molecule has 2 heterocycles. The highest BCUT2D eigenvalue weighted by atomic mass is 35.5. The van der Waals surface area contributed by atoms with Gasteiger partial charge in [0, 0.05) is 32.4 Å². The molecule has 0 spiro atoms. The van der Waals surface area contributed by atoms with E-state index in [0.29, 0.717) is 42.6 Å². The fourth-order valence-electron chi connectivity index (χ4n) is 3.01.